The van der Waals surface area contributed by atoms with Gasteiger partial charge in [-0.15, -0.1) is 0 Å². The molecule has 4 heteroatoms. The highest BCUT2D eigenvalue weighted by Gasteiger charge is 2.17. The van der Waals surface area contributed by atoms with Crippen LogP contribution in [-0.2, 0) is 4.79 Å². The molecule has 2 unspecified atom stereocenters. The molecule has 0 radical (unpaired) electrons. The van der Waals surface area contributed by atoms with Crippen molar-refractivity contribution < 1.29 is 15.0 Å². The Kier molecular flexibility index (Phi) is 46.8. The largest absolute Gasteiger partial charge is 0.394 e. The number of unbranched alkanes of at least 4 members (excludes halogenated alkanes) is 30. The number of nitrogens with one attached hydrogen (secondary N) is 1. The molecule has 0 fully saturated rings. The molecule has 0 bridgehead atoms. The molecule has 0 spiro atoms. The van der Waals surface area contributed by atoms with Crippen molar-refractivity contribution in [3.8, 4) is 0 Å². The van der Waals surface area contributed by atoms with Crippen LogP contribution in [0.15, 0.2) is 60.8 Å². The van der Waals surface area contributed by atoms with Gasteiger partial charge in [0.15, 0.2) is 0 Å². The molecule has 0 saturated heterocycles. The third-order valence-electron chi connectivity index (χ3n) is 11.2. The van der Waals surface area contributed by atoms with Gasteiger partial charge in [-0.05, 0) is 77.0 Å². The van der Waals surface area contributed by atoms with Crippen molar-refractivity contribution in [2.24, 2.45) is 0 Å². The number of allylic oxidation sites excluding steroid dienone is 9. The number of hydrogen-bond acceptors (Lipinski definition) is 3. The third-order valence-corrected chi connectivity index (χ3v) is 11.2. The minimum Gasteiger partial charge on any atom is -0.394 e. The molecule has 1 amide bonds. The van der Waals surface area contributed by atoms with Crippen LogP contribution in [0.4, 0.5) is 0 Å². The monoisotopic (exact) mass is 796 g/mol. The van der Waals surface area contributed by atoms with Crippen LogP contribution in [0, 0.1) is 0 Å². The molecule has 0 aliphatic carbocycles. The van der Waals surface area contributed by atoms with Crippen molar-refractivity contribution in [2.45, 2.75) is 264 Å². The smallest absolute Gasteiger partial charge is 0.220 e. The summed E-state index contributed by atoms with van der Waals surface area (Å²) in [6.07, 6.45) is 67.8. The van der Waals surface area contributed by atoms with Crippen LogP contribution >= 0.6 is 0 Å². The van der Waals surface area contributed by atoms with Crippen molar-refractivity contribution in [1.29, 1.82) is 0 Å². The van der Waals surface area contributed by atoms with Crippen LogP contribution in [0.3, 0.4) is 0 Å². The van der Waals surface area contributed by atoms with Gasteiger partial charge in [-0.3, -0.25) is 4.79 Å². The highest BCUT2D eigenvalue weighted by Crippen LogP contribution is 2.15. The summed E-state index contributed by atoms with van der Waals surface area (Å²) >= 11 is 0. The van der Waals surface area contributed by atoms with E-state index in [1.54, 1.807) is 6.08 Å². The van der Waals surface area contributed by atoms with Crippen molar-refractivity contribution >= 4 is 5.91 Å². The second kappa shape index (κ2) is 48.5. The first-order valence-corrected chi connectivity index (χ1v) is 25.0. The van der Waals surface area contributed by atoms with E-state index in [0.29, 0.717) is 6.42 Å². The first-order chi connectivity index (χ1) is 28.2. The molecule has 0 aliphatic heterocycles. The van der Waals surface area contributed by atoms with Crippen LogP contribution in [0.2, 0.25) is 0 Å². The van der Waals surface area contributed by atoms with E-state index >= 15 is 0 Å². The maximum absolute atomic E-state index is 12.4. The van der Waals surface area contributed by atoms with Gasteiger partial charge in [0.1, 0.15) is 0 Å². The summed E-state index contributed by atoms with van der Waals surface area (Å²) in [6, 6.07) is -0.647. The number of aliphatic hydroxyl groups is 2. The zero-order valence-corrected chi connectivity index (χ0v) is 38.1. The topological polar surface area (TPSA) is 69.6 Å². The fourth-order valence-electron chi connectivity index (χ4n) is 7.36. The summed E-state index contributed by atoms with van der Waals surface area (Å²) in [7, 11) is 0. The van der Waals surface area contributed by atoms with E-state index in [9.17, 15) is 15.0 Å². The normalized spacial score (nSPS) is 13.4. The van der Waals surface area contributed by atoms with E-state index in [-0.39, 0.29) is 12.5 Å². The Morgan fingerprint density at radius 2 is 0.737 bits per heavy atom. The number of carbonyl (C=O) groups is 1. The SMILES string of the molecule is CCCCCCCC/C=C/CC/C=C/CC/C=C/C(O)C(CO)NC(=O)CCCCCCCCCCCCCCC/C=C\C/C=C\CCCCCCCCCCC. The van der Waals surface area contributed by atoms with E-state index in [1.165, 1.54) is 186 Å². The summed E-state index contributed by atoms with van der Waals surface area (Å²) in [5, 5.41) is 23.0. The predicted molar refractivity (Wildman–Crippen MR) is 253 cm³/mol. The molecule has 3 N–H and O–H groups in total. The fraction of sp³-hybridized carbons (Fsp3) is 0.792. The maximum Gasteiger partial charge on any atom is 0.220 e. The first-order valence-electron chi connectivity index (χ1n) is 25.0. The second-order valence-corrected chi connectivity index (χ2v) is 16.9. The second-order valence-electron chi connectivity index (χ2n) is 16.9. The lowest BCUT2D eigenvalue weighted by Crippen LogP contribution is -2.45. The Labute approximate surface area is 356 Å². The highest BCUT2D eigenvalue weighted by molar-refractivity contribution is 5.76. The fourth-order valence-corrected chi connectivity index (χ4v) is 7.36. The van der Waals surface area contributed by atoms with Gasteiger partial charge in [-0.2, -0.15) is 0 Å². The molecule has 0 heterocycles. The average Bonchev–Trinajstić information content (AvgIpc) is 3.22. The van der Waals surface area contributed by atoms with E-state index in [0.717, 1.165) is 44.9 Å². The molecule has 57 heavy (non-hydrogen) atoms. The quantitative estimate of drug-likeness (QED) is 0.0425. The van der Waals surface area contributed by atoms with Gasteiger partial charge in [0.25, 0.3) is 0 Å². The van der Waals surface area contributed by atoms with Gasteiger partial charge in [-0.25, -0.2) is 0 Å². The van der Waals surface area contributed by atoms with Crippen molar-refractivity contribution in [3.05, 3.63) is 60.8 Å². The highest BCUT2D eigenvalue weighted by atomic mass is 16.3. The Morgan fingerprint density at radius 1 is 0.421 bits per heavy atom. The molecule has 0 aromatic rings. The van der Waals surface area contributed by atoms with Crippen molar-refractivity contribution in [1.82, 2.24) is 5.32 Å². The van der Waals surface area contributed by atoms with Gasteiger partial charge in [0, 0.05) is 6.42 Å². The van der Waals surface area contributed by atoms with Gasteiger partial charge < -0.3 is 15.5 Å². The molecule has 2 atom stereocenters. The van der Waals surface area contributed by atoms with Gasteiger partial charge in [0.2, 0.25) is 5.91 Å². The van der Waals surface area contributed by atoms with Crippen LogP contribution in [0.5, 0.6) is 0 Å². The molecule has 332 valence electrons. The molecule has 0 aliphatic rings. The van der Waals surface area contributed by atoms with Crippen LogP contribution < -0.4 is 5.32 Å². The molecule has 0 aromatic carbocycles. The summed E-state index contributed by atoms with van der Waals surface area (Å²) in [5.41, 5.74) is 0. The minimum atomic E-state index is -0.872. The molecule has 0 rings (SSSR count). The molecular weight excluding hydrogens is 699 g/mol. The zero-order valence-electron chi connectivity index (χ0n) is 38.1. The average molecular weight is 796 g/mol. The minimum absolute atomic E-state index is 0.0793. The zero-order chi connectivity index (χ0) is 41.4. The van der Waals surface area contributed by atoms with Crippen molar-refractivity contribution in [3.63, 3.8) is 0 Å². The van der Waals surface area contributed by atoms with E-state index in [1.807, 2.05) is 6.08 Å². The van der Waals surface area contributed by atoms with E-state index in [2.05, 4.69) is 67.8 Å². The number of amides is 1. The lowest BCUT2D eigenvalue weighted by molar-refractivity contribution is -0.123. The van der Waals surface area contributed by atoms with Gasteiger partial charge in [-0.1, -0.05) is 229 Å². The summed E-state index contributed by atoms with van der Waals surface area (Å²) in [6.45, 7) is 4.29. The van der Waals surface area contributed by atoms with Crippen LogP contribution in [0.25, 0.3) is 0 Å². The molecule has 0 aromatic heterocycles. The van der Waals surface area contributed by atoms with Gasteiger partial charge >= 0.3 is 0 Å². The molecule has 0 saturated carbocycles. The Morgan fingerprint density at radius 3 is 1.12 bits per heavy atom. The standard InChI is InChI=1S/C53H97NO3/c1-3-5-7-9-11-13-15-17-19-21-22-23-24-25-26-27-28-29-30-31-32-33-35-37-39-41-43-45-47-49-53(57)54-51(50-55)52(56)48-46-44-42-40-38-36-34-20-18-16-14-12-10-8-6-4-2/h18,20,22-23,25-26,38,40,46,48,51-52,55-56H,3-17,19,21,24,27-37,39,41-45,47,49-50H2,1-2H3,(H,54,57)/b20-18+,23-22-,26-25-,40-38+,48-46+. The van der Waals surface area contributed by atoms with Crippen LogP contribution in [0.1, 0.15) is 251 Å². The van der Waals surface area contributed by atoms with Gasteiger partial charge in [0.05, 0.1) is 18.8 Å². The molecular formula is C53H97NO3. The lowest BCUT2D eigenvalue weighted by Gasteiger charge is -2.19. The Hall–Kier alpha value is -1.91. The van der Waals surface area contributed by atoms with Crippen LogP contribution in [-0.4, -0.2) is 34.9 Å². The Balaban J connectivity index is 3.56. The van der Waals surface area contributed by atoms with Crippen molar-refractivity contribution in [2.75, 3.05) is 6.61 Å². The summed E-state index contributed by atoms with van der Waals surface area (Å²) in [5.74, 6) is -0.0793. The molecule has 4 nitrogen and oxygen atoms in total. The third kappa shape index (κ3) is 45.0. The lowest BCUT2D eigenvalue weighted by atomic mass is 10.0. The maximum atomic E-state index is 12.4. The van der Waals surface area contributed by atoms with E-state index in [4.69, 9.17) is 0 Å². The predicted octanol–water partition coefficient (Wildman–Crippen LogP) is 16.1. The first kappa shape index (κ1) is 55.1. The summed E-state index contributed by atoms with van der Waals surface area (Å²) < 4.78 is 0. The Bertz CT molecular complexity index is 950. The summed E-state index contributed by atoms with van der Waals surface area (Å²) in [4.78, 5) is 12.4. The number of aliphatic hydroxyl groups excluding tert-OH is 2. The van der Waals surface area contributed by atoms with E-state index < -0.39 is 12.1 Å². The number of carbonyl (C=O) groups excluding carboxylic acids is 1. The number of rotatable bonds is 45. The number of hydrogen-bond donors (Lipinski definition) is 3.